The highest BCUT2D eigenvalue weighted by molar-refractivity contribution is 7.89. The second-order valence-corrected chi connectivity index (χ2v) is 9.87. The molecule has 0 unspecified atom stereocenters. The van der Waals surface area contributed by atoms with E-state index in [2.05, 4.69) is 5.32 Å². The highest BCUT2D eigenvalue weighted by atomic mass is 32.2. The zero-order valence-electron chi connectivity index (χ0n) is 14.9. The number of anilines is 1. The number of rotatable bonds is 7. The Balaban J connectivity index is 2.08. The molecule has 0 spiro atoms. The SMILES string of the molecule is C[C@@H](C(=O)Nc1ccccc1)[S@](=O)Cc1cccc(S(=O)(=O)N(C)C)c1. The topological polar surface area (TPSA) is 83.5 Å². The Hall–Kier alpha value is -2.03. The van der Waals surface area contributed by atoms with Gasteiger partial charge in [0.25, 0.3) is 0 Å². The maximum Gasteiger partial charge on any atom is 0.242 e. The van der Waals surface area contributed by atoms with E-state index in [1.807, 2.05) is 6.07 Å². The smallest absolute Gasteiger partial charge is 0.242 e. The van der Waals surface area contributed by atoms with Gasteiger partial charge in [-0.2, -0.15) is 0 Å². The van der Waals surface area contributed by atoms with Crippen LogP contribution in [0.15, 0.2) is 59.5 Å². The lowest BCUT2D eigenvalue weighted by Gasteiger charge is -2.14. The first kappa shape index (κ1) is 20.3. The number of nitrogens with one attached hydrogen (secondary N) is 1. The number of para-hydroxylation sites is 1. The van der Waals surface area contributed by atoms with Crippen LogP contribution in [0.1, 0.15) is 12.5 Å². The van der Waals surface area contributed by atoms with Crippen molar-refractivity contribution in [1.29, 1.82) is 0 Å². The van der Waals surface area contributed by atoms with Crippen molar-refractivity contribution in [3.05, 3.63) is 60.2 Å². The maximum atomic E-state index is 12.5. The normalized spacial score (nSPS) is 14.0. The van der Waals surface area contributed by atoms with Crippen molar-refractivity contribution in [2.45, 2.75) is 22.8 Å². The molecule has 0 heterocycles. The van der Waals surface area contributed by atoms with E-state index in [0.717, 1.165) is 4.31 Å². The first-order chi connectivity index (χ1) is 12.2. The van der Waals surface area contributed by atoms with Crippen LogP contribution in [-0.4, -0.2) is 42.2 Å². The minimum absolute atomic E-state index is 0.0974. The fourth-order valence-corrected chi connectivity index (χ4v) is 4.21. The van der Waals surface area contributed by atoms with Crippen LogP contribution in [0.5, 0.6) is 0 Å². The summed E-state index contributed by atoms with van der Waals surface area (Å²) in [5, 5.41) is 1.99. The number of sulfonamides is 1. The highest BCUT2D eigenvalue weighted by Gasteiger charge is 2.22. The third-order valence-electron chi connectivity index (χ3n) is 3.79. The molecule has 2 aromatic carbocycles. The van der Waals surface area contributed by atoms with E-state index in [0.29, 0.717) is 11.3 Å². The molecule has 0 radical (unpaired) electrons. The summed E-state index contributed by atoms with van der Waals surface area (Å²) in [4.78, 5) is 12.4. The molecular formula is C18H22N2O4S2. The molecule has 0 bridgehead atoms. The van der Waals surface area contributed by atoms with Crippen LogP contribution in [-0.2, 0) is 31.4 Å². The number of carbonyl (C=O) groups excluding carboxylic acids is 1. The number of hydrogen-bond acceptors (Lipinski definition) is 4. The number of nitrogens with zero attached hydrogens (tertiary/aromatic N) is 1. The lowest BCUT2D eigenvalue weighted by Crippen LogP contribution is -2.29. The number of amides is 1. The summed E-state index contributed by atoms with van der Waals surface area (Å²) in [6.07, 6.45) is 0. The van der Waals surface area contributed by atoms with Crippen molar-refractivity contribution in [3.8, 4) is 0 Å². The third-order valence-corrected chi connectivity index (χ3v) is 7.22. The molecule has 26 heavy (non-hydrogen) atoms. The van der Waals surface area contributed by atoms with Gasteiger partial charge < -0.3 is 5.32 Å². The van der Waals surface area contributed by atoms with Crippen LogP contribution < -0.4 is 5.32 Å². The van der Waals surface area contributed by atoms with E-state index in [4.69, 9.17) is 0 Å². The monoisotopic (exact) mass is 394 g/mol. The largest absolute Gasteiger partial charge is 0.325 e. The van der Waals surface area contributed by atoms with Crippen LogP contribution in [0.3, 0.4) is 0 Å². The Morgan fingerprint density at radius 2 is 1.77 bits per heavy atom. The van der Waals surface area contributed by atoms with Gasteiger partial charge in [-0.3, -0.25) is 9.00 Å². The van der Waals surface area contributed by atoms with E-state index in [1.54, 1.807) is 43.3 Å². The van der Waals surface area contributed by atoms with E-state index in [9.17, 15) is 17.4 Å². The fourth-order valence-electron chi connectivity index (χ4n) is 2.18. The highest BCUT2D eigenvalue weighted by Crippen LogP contribution is 2.17. The average Bonchev–Trinajstić information content (AvgIpc) is 2.61. The predicted molar refractivity (Wildman–Crippen MR) is 104 cm³/mol. The van der Waals surface area contributed by atoms with Crippen LogP contribution in [0, 0.1) is 0 Å². The van der Waals surface area contributed by atoms with Gasteiger partial charge >= 0.3 is 0 Å². The number of carbonyl (C=O) groups is 1. The Bertz CT molecular complexity index is 896. The van der Waals surface area contributed by atoms with Gasteiger partial charge in [0.05, 0.1) is 4.90 Å². The first-order valence-corrected chi connectivity index (χ1v) is 10.8. The van der Waals surface area contributed by atoms with Crippen molar-refractivity contribution >= 4 is 32.4 Å². The van der Waals surface area contributed by atoms with E-state index >= 15 is 0 Å². The molecule has 8 heteroatoms. The van der Waals surface area contributed by atoms with Crippen molar-refractivity contribution in [2.24, 2.45) is 0 Å². The molecular weight excluding hydrogens is 372 g/mol. The summed E-state index contributed by atoms with van der Waals surface area (Å²) in [7, 11) is -2.13. The molecule has 0 aliphatic carbocycles. The Labute approximate surface area is 156 Å². The van der Waals surface area contributed by atoms with Gasteiger partial charge in [-0.15, -0.1) is 0 Å². The van der Waals surface area contributed by atoms with E-state index < -0.39 is 26.1 Å². The molecule has 2 rings (SSSR count). The molecule has 140 valence electrons. The fraction of sp³-hybridized carbons (Fsp3) is 0.278. The minimum Gasteiger partial charge on any atom is -0.325 e. The second kappa shape index (κ2) is 8.57. The Kier molecular flexibility index (Phi) is 6.69. The molecule has 0 saturated heterocycles. The van der Waals surface area contributed by atoms with Gasteiger partial charge in [-0.1, -0.05) is 30.3 Å². The van der Waals surface area contributed by atoms with Crippen LogP contribution in [0.2, 0.25) is 0 Å². The lowest BCUT2D eigenvalue weighted by molar-refractivity contribution is -0.115. The molecule has 1 amide bonds. The van der Waals surface area contributed by atoms with Gasteiger partial charge in [-0.05, 0) is 36.8 Å². The first-order valence-electron chi connectivity index (χ1n) is 7.96. The molecule has 0 aliphatic heterocycles. The van der Waals surface area contributed by atoms with Crippen molar-refractivity contribution in [3.63, 3.8) is 0 Å². The summed E-state index contributed by atoms with van der Waals surface area (Å²) in [5.41, 5.74) is 1.24. The molecule has 6 nitrogen and oxygen atoms in total. The summed E-state index contributed by atoms with van der Waals surface area (Å²) >= 11 is 0. The van der Waals surface area contributed by atoms with Crippen LogP contribution >= 0.6 is 0 Å². The molecule has 0 saturated carbocycles. The zero-order chi connectivity index (χ0) is 19.3. The molecule has 0 aliphatic rings. The van der Waals surface area contributed by atoms with Crippen LogP contribution in [0.4, 0.5) is 5.69 Å². The van der Waals surface area contributed by atoms with Crippen molar-refractivity contribution in [2.75, 3.05) is 19.4 Å². The maximum absolute atomic E-state index is 12.5. The van der Waals surface area contributed by atoms with E-state index in [1.165, 1.54) is 26.2 Å². The summed E-state index contributed by atoms with van der Waals surface area (Å²) in [5.74, 6) is -0.244. The summed E-state index contributed by atoms with van der Waals surface area (Å²) in [6, 6.07) is 15.2. The van der Waals surface area contributed by atoms with E-state index in [-0.39, 0.29) is 16.6 Å². The molecule has 0 aromatic heterocycles. The van der Waals surface area contributed by atoms with Gasteiger partial charge in [0.2, 0.25) is 15.9 Å². The zero-order valence-corrected chi connectivity index (χ0v) is 16.5. The molecule has 2 atom stereocenters. The predicted octanol–water partition coefficient (Wildman–Crippen LogP) is 2.21. The quantitative estimate of drug-likeness (QED) is 0.780. The van der Waals surface area contributed by atoms with Gasteiger partial charge in [0.15, 0.2) is 0 Å². The minimum atomic E-state index is -3.56. The second-order valence-electron chi connectivity index (χ2n) is 5.96. The lowest BCUT2D eigenvalue weighted by atomic mass is 10.2. The third kappa shape index (κ3) is 5.00. The summed E-state index contributed by atoms with van der Waals surface area (Å²) < 4.78 is 38.1. The number of benzene rings is 2. The molecule has 2 aromatic rings. The standard InChI is InChI=1S/C18H22N2O4S2/c1-14(18(21)19-16-9-5-4-6-10-16)25(22)13-15-8-7-11-17(12-15)26(23,24)20(2)3/h4-12,14H,13H2,1-3H3,(H,19,21)/t14-,25+/m0/s1. The Morgan fingerprint density at radius 3 is 2.38 bits per heavy atom. The van der Waals surface area contributed by atoms with Gasteiger partial charge in [0.1, 0.15) is 5.25 Å². The van der Waals surface area contributed by atoms with Crippen molar-refractivity contribution < 1.29 is 17.4 Å². The average molecular weight is 395 g/mol. The Morgan fingerprint density at radius 1 is 1.12 bits per heavy atom. The number of hydrogen-bond donors (Lipinski definition) is 1. The van der Waals surface area contributed by atoms with Crippen LogP contribution in [0.25, 0.3) is 0 Å². The summed E-state index contributed by atoms with van der Waals surface area (Å²) in [6.45, 7) is 1.59. The van der Waals surface area contributed by atoms with Crippen molar-refractivity contribution in [1.82, 2.24) is 4.31 Å². The molecule has 0 fully saturated rings. The van der Waals surface area contributed by atoms with Gasteiger partial charge in [-0.25, -0.2) is 12.7 Å². The molecule has 1 N–H and O–H groups in total. The van der Waals surface area contributed by atoms with Gasteiger partial charge in [0, 0.05) is 36.3 Å².